The minimum atomic E-state index is -4.15. The Morgan fingerprint density at radius 3 is 2.80 bits per heavy atom. The third-order valence-electron chi connectivity index (χ3n) is 5.98. The highest BCUT2D eigenvalue weighted by Crippen LogP contribution is 2.57. The second-order valence-electron chi connectivity index (χ2n) is 8.44. The molecule has 2 unspecified atom stereocenters. The normalized spacial score (nSPS) is 36.5. The van der Waals surface area contributed by atoms with Gasteiger partial charge in [0.25, 0.3) is 0 Å². The minimum Gasteiger partial charge on any atom is -0.424 e. The summed E-state index contributed by atoms with van der Waals surface area (Å²) in [6.45, 7) is 5.04. The van der Waals surface area contributed by atoms with Gasteiger partial charge in [0.05, 0.1) is 19.3 Å². The largest absolute Gasteiger partial charge is 0.509 e. The summed E-state index contributed by atoms with van der Waals surface area (Å²) in [4.78, 5) is 17.6. The van der Waals surface area contributed by atoms with Crippen LogP contribution < -0.4 is 5.73 Å². The van der Waals surface area contributed by atoms with Gasteiger partial charge >= 0.3 is 14.0 Å². The molecule has 6 atom stereocenters. The number of fused-ring (bicyclic) bond motifs is 1. The fourth-order valence-corrected chi connectivity index (χ4v) is 5.78. The Kier molecular flexibility index (Phi) is 5.93. The fraction of sp³-hybridized carbons (Fsp3) is 0.429. The van der Waals surface area contributed by atoms with Gasteiger partial charge in [0.1, 0.15) is 29.4 Å². The van der Waals surface area contributed by atoms with Crippen molar-refractivity contribution in [2.75, 3.05) is 13.2 Å². The van der Waals surface area contributed by atoms with Crippen LogP contribution >= 0.6 is 7.82 Å². The Labute approximate surface area is 198 Å². The Bertz CT molecular complexity index is 1160. The maximum absolute atomic E-state index is 13.6. The summed E-state index contributed by atoms with van der Waals surface area (Å²) in [7, 11) is -4.15. The average Bonchev–Trinajstić information content (AvgIpc) is 3.21. The number of nitrogens with two attached hydrogens (primary N) is 1. The first-order chi connectivity index (χ1) is 16.6. The Balaban J connectivity index is 1.31. The number of carbonyl (C=O) groups is 1. The first-order valence-corrected chi connectivity index (χ1v) is 12.1. The van der Waals surface area contributed by atoms with E-state index in [4.69, 9.17) is 33.5 Å². The van der Waals surface area contributed by atoms with Gasteiger partial charge in [-0.15, -0.1) is 0 Å². The van der Waals surface area contributed by atoms with E-state index in [0.717, 1.165) is 18.2 Å². The maximum Gasteiger partial charge on any atom is 0.509 e. The van der Waals surface area contributed by atoms with Gasteiger partial charge in [-0.2, -0.15) is 0 Å². The molecule has 1 aromatic carbocycles. The highest BCUT2D eigenvalue weighted by Gasteiger charge is 2.65. The molecule has 0 radical (unpaired) electrons. The molecular weight excluding hydrogens is 491 g/mol. The van der Waals surface area contributed by atoms with Crippen LogP contribution in [0.2, 0.25) is 0 Å². The highest BCUT2D eigenvalue weighted by atomic mass is 31.2. The van der Waals surface area contributed by atoms with Crippen molar-refractivity contribution >= 4 is 19.8 Å². The van der Waals surface area contributed by atoms with Crippen LogP contribution in [0.5, 0.6) is 0 Å². The molecule has 4 heterocycles. The van der Waals surface area contributed by atoms with Crippen molar-refractivity contribution in [1.82, 2.24) is 4.90 Å². The van der Waals surface area contributed by atoms with E-state index >= 15 is 0 Å². The van der Waals surface area contributed by atoms with Crippen LogP contribution in [0, 0.1) is 11.6 Å². The molecule has 0 aliphatic carbocycles. The van der Waals surface area contributed by atoms with E-state index in [9.17, 15) is 18.1 Å². The molecule has 14 heteroatoms. The number of halogens is 2. The zero-order chi connectivity index (χ0) is 25.0. The monoisotopic (exact) mass is 513 g/mol. The van der Waals surface area contributed by atoms with E-state index in [1.54, 1.807) is 13.1 Å². The van der Waals surface area contributed by atoms with E-state index in [1.165, 1.54) is 11.0 Å². The highest BCUT2D eigenvalue weighted by molar-refractivity contribution is 7.48. The molecule has 3 saturated heterocycles. The van der Waals surface area contributed by atoms with Crippen LogP contribution in [0.25, 0.3) is 0 Å². The summed E-state index contributed by atoms with van der Waals surface area (Å²) in [6.07, 6.45) is -1.31. The van der Waals surface area contributed by atoms with Crippen molar-refractivity contribution in [1.29, 1.82) is 0 Å². The number of benzene rings is 1. The predicted octanol–water partition coefficient (Wildman–Crippen LogP) is 3.24. The van der Waals surface area contributed by atoms with Crippen molar-refractivity contribution in [3.05, 3.63) is 60.1 Å². The third kappa shape index (κ3) is 4.45. The number of aliphatic imine (C=N–C) groups is 1. The number of phosphoric acid groups is 1. The number of phosphoric ester groups is 1. The van der Waals surface area contributed by atoms with Crippen molar-refractivity contribution in [2.24, 2.45) is 10.7 Å². The standard InChI is InChI=1S/C21H22F2N3O8P/c1-11-25-17(24)3-5-26(11)19-21(2)18(32-20(27)33-21)16(31-19)10-30-35(28)29-6-4-15(34-35)12-7-13(22)9-14(23)8-12/h3,5,7-9,15-16,18-19H,1,4,6,10H2,2H3,(H2,24,25)/t15?,16-,18-,19-,21-,35?/m1/s1. The zero-order valence-corrected chi connectivity index (χ0v) is 19.4. The number of nitrogens with zero attached hydrogens (tertiary/aromatic N) is 2. The van der Waals surface area contributed by atoms with Gasteiger partial charge in [-0.1, -0.05) is 6.58 Å². The molecule has 2 N–H and O–H groups in total. The maximum atomic E-state index is 13.6. The van der Waals surface area contributed by atoms with Gasteiger partial charge in [0.15, 0.2) is 17.9 Å². The molecule has 35 heavy (non-hydrogen) atoms. The molecule has 3 fully saturated rings. The van der Waals surface area contributed by atoms with Crippen molar-refractivity contribution in [3.63, 3.8) is 0 Å². The second-order valence-corrected chi connectivity index (χ2v) is 10.1. The lowest BCUT2D eigenvalue weighted by Gasteiger charge is -2.35. The minimum absolute atomic E-state index is 0.0364. The lowest BCUT2D eigenvalue weighted by atomic mass is 9.96. The number of carbonyl (C=O) groups excluding carboxylic acids is 1. The van der Waals surface area contributed by atoms with Crippen LogP contribution in [-0.4, -0.2) is 54.1 Å². The Morgan fingerprint density at radius 1 is 1.34 bits per heavy atom. The molecule has 4 aliphatic rings. The van der Waals surface area contributed by atoms with E-state index in [0.29, 0.717) is 0 Å². The molecule has 0 bridgehead atoms. The zero-order valence-electron chi connectivity index (χ0n) is 18.5. The summed E-state index contributed by atoms with van der Waals surface area (Å²) in [6, 6.07) is 2.90. The number of hydrogen-bond acceptors (Lipinski definition) is 11. The fourth-order valence-electron chi connectivity index (χ4n) is 4.39. The van der Waals surface area contributed by atoms with E-state index in [1.807, 2.05) is 0 Å². The van der Waals surface area contributed by atoms with Crippen LogP contribution in [-0.2, 0) is 32.3 Å². The number of hydrogen-bond donors (Lipinski definition) is 1. The smallest absolute Gasteiger partial charge is 0.424 e. The van der Waals surface area contributed by atoms with Gasteiger partial charge in [0.2, 0.25) is 0 Å². The van der Waals surface area contributed by atoms with Crippen molar-refractivity contribution < 1.29 is 45.9 Å². The van der Waals surface area contributed by atoms with E-state index in [2.05, 4.69) is 11.6 Å². The molecule has 4 aliphatic heterocycles. The Hall–Kier alpha value is -2.83. The summed E-state index contributed by atoms with van der Waals surface area (Å²) < 4.78 is 73.4. The van der Waals surface area contributed by atoms with Gasteiger partial charge in [-0.05, 0) is 30.7 Å². The Morgan fingerprint density at radius 2 is 2.09 bits per heavy atom. The lowest BCUT2D eigenvalue weighted by molar-refractivity contribution is -0.107. The predicted molar refractivity (Wildman–Crippen MR) is 114 cm³/mol. The van der Waals surface area contributed by atoms with Gasteiger partial charge in [-0.3, -0.25) is 13.6 Å². The van der Waals surface area contributed by atoms with Crippen molar-refractivity contribution in [2.45, 2.75) is 43.5 Å². The molecule has 0 aromatic heterocycles. The molecular formula is C21H22F2N3O8P. The van der Waals surface area contributed by atoms with Crippen LogP contribution in [0.4, 0.5) is 13.6 Å². The second kappa shape index (κ2) is 8.68. The first kappa shape index (κ1) is 23.9. The number of amidine groups is 1. The molecule has 188 valence electrons. The molecule has 0 saturated carbocycles. The van der Waals surface area contributed by atoms with Gasteiger partial charge in [-0.25, -0.2) is 23.1 Å². The summed E-state index contributed by atoms with van der Waals surface area (Å²) in [5, 5.41) is 0. The van der Waals surface area contributed by atoms with Crippen LogP contribution in [0.15, 0.2) is 47.9 Å². The van der Waals surface area contributed by atoms with Gasteiger partial charge < -0.3 is 24.8 Å². The summed E-state index contributed by atoms with van der Waals surface area (Å²) in [5.74, 6) is -1.10. The van der Waals surface area contributed by atoms with E-state index in [-0.39, 0.29) is 36.9 Å². The topological polar surface area (TPSA) is 131 Å². The molecule has 0 spiro atoms. The van der Waals surface area contributed by atoms with Gasteiger partial charge in [0, 0.05) is 18.7 Å². The first-order valence-electron chi connectivity index (χ1n) is 10.6. The molecule has 1 aromatic rings. The molecule has 5 rings (SSSR count). The van der Waals surface area contributed by atoms with Crippen LogP contribution in [0.1, 0.15) is 25.0 Å². The van der Waals surface area contributed by atoms with Crippen molar-refractivity contribution in [3.8, 4) is 0 Å². The lowest BCUT2D eigenvalue weighted by Crippen LogP contribution is -2.50. The quantitative estimate of drug-likeness (QED) is 0.462. The SMILES string of the molecule is C=C1N=C(N)C=CN1[C@@H]1O[C@H](COP2(=O)OCCC(c3cc(F)cc(F)c3)O2)[C@H]2OC(=O)O[C@]21C. The average molecular weight is 513 g/mol. The summed E-state index contributed by atoms with van der Waals surface area (Å²) in [5.41, 5.74) is 4.57. The van der Waals surface area contributed by atoms with E-state index < -0.39 is 55.8 Å². The summed E-state index contributed by atoms with van der Waals surface area (Å²) >= 11 is 0. The number of ether oxygens (including phenoxy) is 3. The van der Waals surface area contributed by atoms with Crippen LogP contribution in [0.3, 0.4) is 0 Å². The molecule has 0 amide bonds. The number of rotatable bonds is 5. The third-order valence-corrected chi connectivity index (χ3v) is 7.45. The molecule has 11 nitrogen and oxygen atoms in total.